The Morgan fingerprint density at radius 1 is 0.833 bits per heavy atom. The van der Waals surface area contributed by atoms with Crippen LogP contribution < -0.4 is 4.72 Å². The molecule has 0 bridgehead atoms. The number of anilines is 1. The van der Waals surface area contributed by atoms with E-state index in [0.717, 1.165) is 16.3 Å². The molecule has 118 valence electrons. The summed E-state index contributed by atoms with van der Waals surface area (Å²) in [6.07, 6.45) is 3.09. The fraction of sp³-hybridized carbons (Fsp3) is 0. The van der Waals surface area contributed by atoms with Crippen molar-refractivity contribution in [2.24, 2.45) is 0 Å². The lowest BCUT2D eigenvalue weighted by molar-refractivity contribution is 0.602. The maximum Gasteiger partial charge on any atom is 0.264 e. The molecular weight excluding hydrogens is 322 g/mol. The Labute approximate surface area is 139 Å². The van der Waals surface area contributed by atoms with Crippen molar-refractivity contribution in [2.75, 3.05) is 4.72 Å². The number of para-hydroxylation sites is 2. The van der Waals surface area contributed by atoms with E-state index in [1.54, 1.807) is 30.5 Å². The van der Waals surface area contributed by atoms with Gasteiger partial charge in [-0.2, -0.15) is 0 Å². The average molecular weight is 335 g/mol. The van der Waals surface area contributed by atoms with Crippen molar-refractivity contribution < 1.29 is 8.42 Å². The molecule has 5 nitrogen and oxygen atoms in total. The third-order valence-corrected chi connectivity index (χ3v) is 5.14. The number of rotatable bonds is 3. The van der Waals surface area contributed by atoms with Crippen molar-refractivity contribution in [1.29, 1.82) is 0 Å². The Hall–Kier alpha value is -2.99. The number of nitrogens with one attached hydrogen (secondary N) is 1. The lowest BCUT2D eigenvalue weighted by Gasteiger charge is -2.10. The van der Waals surface area contributed by atoms with Gasteiger partial charge in [-0.25, -0.2) is 8.42 Å². The Bertz CT molecular complexity index is 1150. The SMILES string of the molecule is O=S(=O)(Nc1cnc2ccccc2c1)c1cccc2cccnc12. The van der Waals surface area contributed by atoms with Gasteiger partial charge in [-0.05, 0) is 24.3 Å². The second kappa shape index (κ2) is 5.58. The molecular formula is C18H13N3O2S. The van der Waals surface area contributed by atoms with Gasteiger partial charge < -0.3 is 0 Å². The molecule has 0 fully saturated rings. The Kier molecular flexibility index (Phi) is 3.39. The van der Waals surface area contributed by atoms with Gasteiger partial charge in [-0.3, -0.25) is 14.7 Å². The zero-order valence-electron chi connectivity index (χ0n) is 12.5. The summed E-state index contributed by atoms with van der Waals surface area (Å²) in [7, 11) is -3.76. The van der Waals surface area contributed by atoms with E-state index < -0.39 is 10.0 Å². The van der Waals surface area contributed by atoms with Crippen LogP contribution in [0, 0.1) is 0 Å². The van der Waals surface area contributed by atoms with E-state index >= 15 is 0 Å². The van der Waals surface area contributed by atoms with Crippen LogP contribution in [0.25, 0.3) is 21.8 Å². The molecule has 4 rings (SSSR count). The smallest absolute Gasteiger partial charge is 0.264 e. The third-order valence-electron chi connectivity index (χ3n) is 3.73. The third kappa shape index (κ3) is 2.57. The number of hydrogen-bond acceptors (Lipinski definition) is 4. The molecule has 0 spiro atoms. The minimum Gasteiger partial charge on any atom is -0.278 e. The summed E-state index contributed by atoms with van der Waals surface area (Å²) in [6.45, 7) is 0. The molecule has 4 aromatic rings. The van der Waals surface area contributed by atoms with Crippen molar-refractivity contribution in [3.05, 3.63) is 73.1 Å². The highest BCUT2D eigenvalue weighted by molar-refractivity contribution is 7.93. The van der Waals surface area contributed by atoms with E-state index in [0.29, 0.717) is 11.2 Å². The summed E-state index contributed by atoms with van der Waals surface area (Å²) < 4.78 is 28.1. The number of aromatic nitrogens is 2. The van der Waals surface area contributed by atoms with Gasteiger partial charge in [0.2, 0.25) is 0 Å². The fourth-order valence-corrected chi connectivity index (χ4v) is 3.84. The molecule has 0 atom stereocenters. The van der Waals surface area contributed by atoms with Gasteiger partial charge in [0.1, 0.15) is 4.90 Å². The number of hydrogen-bond donors (Lipinski definition) is 1. The highest BCUT2D eigenvalue weighted by Crippen LogP contribution is 2.24. The molecule has 0 saturated heterocycles. The zero-order valence-corrected chi connectivity index (χ0v) is 13.4. The van der Waals surface area contributed by atoms with Crippen LogP contribution in [0.15, 0.2) is 78.0 Å². The first-order chi connectivity index (χ1) is 11.6. The van der Waals surface area contributed by atoms with E-state index in [2.05, 4.69) is 14.7 Å². The van der Waals surface area contributed by atoms with Crippen molar-refractivity contribution in [2.45, 2.75) is 4.90 Å². The fourth-order valence-electron chi connectivity index (χ4n) is 2.63. The lowest BCUT2D eigenvalue weighted by Crippen LogP contribution is -2.14. The van der Waals surface area contributed by atoms with Gasteiger partial charge in [0.05, 0.1) is 22.9 Å². The zero-order chi connectivity index (χ0) is 16.6. The highest BCUT2D eigenvalue weighted by Gasteiger charge is 2.18. The number of benzene rings is 2. The van der Waals surface area contributed by atoms with Gasteiger partial charge in [-0.15, -0.1) is 0 Å². The first-order valence-corrected chi connectivity index (χ1v) is 8.83. The summed E-state index contributed by atoms with van der Waals surface area (Å²) in [6, 6.07) is 18.0. The van der Waals surface area contributed by atoms with Crippen LogP contribution in [0.3, 0.4) is 0 Å². The van der Waals surface area contributed by atoms with Crippen LogP contribution in [-0.2, 0) is 10.0 Å². The van der Waals surface area contributed by atoms with E-state index in [4.69, 9.17) is 0 Å². The van der Waals surface area contributed by atoms with Crippen molar-refractivity contribution in [3.8, 4) is 0 Å². The first-order valence-electron chi connectivity index (χ1n) is 7.35. The standard InChI is InChI=1S/C18H13N3O2S/c22-24(23,17-9-3-6-13-7-4-10-19-18(13)17)21-15-11-14-5-1-2-8-16(14)20-12-15/h1-12,21H. The van der Waals surface area contributed by atoms with Gasteiger partial charge in [-0.1, -0.05) is 36.4 Å². The molecule has 0 aliphatic rings. The Morgan fingerprint density at radius 2 is 1.62 bits per heavy atom. The molecule has 0 saturated carbocycles. The van der Waals surface area contributed by atoms with Gasteiger partial charge in [0.15, 0.2) is 0 Å². The van der Waals surface area contributed by atoms with Crippen LogP contribution in [0.1, 0.15) is 0 Å². The van der Waals surface area contributed by atoms with E-state index in [1.807, 2.05) is 36.4 Å². The maximum absolute atomic E-state index is 12.8. The summed E-state index contributed by atoms with van der Waals surface area (Å²) >= 11 is 0. The quantitative estimate of drug-likeness (QED) is 0.621. The second-order valence-corrected chi connectivity index (χ2v) is 7.00. The van der Waals surface area contributed by atoms with Crippen molar-refractivity contribution in [3.63, 3.8) is 0 Å². The predicted octanol–water partition coefficient (Wildman–Crippen LogP) is 3.58. The molecule has 6 heteroatoms. The van der Waals surface area contributed by atoms with Crippen LogP contribution >= 0.6 is 0 Å². The van der Waals surface area contributed by atoms with Crippen LogP contribution in [0.2, 0.25) is 0 Å². The molecule has 0 aliphatic carbocycles. The second-order valence-electron chi connectivity index (χ2n) is 5.35. The summed E-state index contributed by atoms with van der Waals surface area (Å²) in [5.74, 6) is 0. The average Bonchev–Trinajstić information content (AvgIpc) is 2.61. The topological polar surface area (TPSA) is 72.0 Å². The Balaban J connectivity index is 1.79. The summed E-state index contributed by atoms with van der Waals surface area (Å²) in [5.41, 5.74) is 1.68. The molecule has 0 radical (unpaired) electrons. The molecule has 0 amide bonds. The van der Waals surface area contributed by atoms with E-state index in [-0.39, 0.29) is 4.90 Å². The van der Waals surface area contributed by atoms with Gasteiger partial charge >= 0.3 is 0 Å². The molecule has 24 heavy (non-hydrogen) atoms. The largest absolute Gasteiger partial charge is 0.278 e. The summed E-state index contributed by atoms with van der Waals surface area (Å²) in [4.78, 5) is 8.63. The molecule has 2 aromatic heterocycles. The molecule has 2 heterocycles. The highest BCUT2D eigenvalue weighted by atomic mass is 32.2. The Morgan fingerprint density at radius 3 is 2.54 bits per heavy atom. The minimum atomic E-state index is -3.76. The number of nitrogens with zero attached hydrogens (tertiary/aromatic N) is 2. The molecule has 0 aliphatic heterocycles. The molecule has 0 unspecified atom stereocenters. The predicted molar refractivity (Wildman–Crippen MR) is 94.3 cm³/mol. The van der Waals surface area contributed by atoms with Crippen LogP contribution in [0.5, 0.6) is 0 Å². The van der Waals surface area contributed by atoms with Crippen molar-refractivity contribution >= 4 is 37.5 Å². The van der Waals surface area contributed by atoms with E-state index in [9.17, 15) is 8.42 Å². The maximum atomic E-state index is 12.8. The molecule has 2 aromatic carbocycles. The van der Waals surface area contributed by atoms with Gasteiger partial charge in [0.25, 0.3) is 10.0 Å². The normalized spacial score (nSPS) is 11.7. The monoisotopic (exact) mass is 335 g/mol. The van der Waals surface area contributed by atoms with Crippen LogP contribution in [0.4, 0.5) is 5.69 Å². The number of pyridine rings is 2. The minimum absolute atomic E-state index is 0.147. The number of sulfonamides is 1. The summed E-state index contributed by atoms with van der Waals surface area (Å²) in [5, 5.41) is 1.64. The van der Waals surface area contributed by atoms with Crippen LogP contribution in [-0.4, -0.2) is 18.4 Å². The molecule has 1 N–H and O–H groups in total. The van der Waals surface area contributed by atoms with E-state index in [1.165, 1.54) is 6.20 Å². The van der Waals surface area contributed by atoms with Crippen molar-refractivity contribution in [1.82, 2.24) is 9.97 Å². The first kappa shape index (κ1) is 14.6. The van der Waals surface area contributed by atoms with Gasteiger partial charge in [0, 0.05) is 17.0 Å². The lowest BCUT2D eigenvalue weighted by atomic mass is 10.2. The number of fused-ring (bicyclic) bond motifs is 2.